The van der Waals surface area contributed by atoms with Crippen molar-refractivity contribution in [2.45, 2.75) is 58.2 Å². The van der Waals surface area contributed by atoms with Crippen molar-refractivity contribution >= 4 is 5.71 Å². The zero-order chi connectivity index (χ0) is 10.6. The Hall–Kier alpha value is -0.410. The fourth-order valence-electron chi connectivity index (χ4n) is 1.96. The van der Waals surface area contributed by atoms with E-state index < -0.39 is 0 Å². The summed E-state index contributed by atoms with van der Waals surface area (Å²) in [6, 6.07) is 0.752. The second-order valence-electron chi connectivity index (χ2n) is 4.16. The average molecular weight is 198 g/mol. The second kappa shape index (κ2) is 5.47. The summed E-state index contributed by atoms with van der Waals surface area (Å²) in [5.74, 6) is 0. The molecular formula is C11H22N2O. The normalized spacial score (nSPS) is 29.1. The quantitative estimate of drug-likeness (QED) is 0.663. The lowest BCUT2D eigenvalue weighted by Gasteiger charge is -2.18. The molecule has 1 aliphatic rings. The van der Waals surface area contributed by atoms with Crippen molar-refractivity contribution in [2.24, 2.45) is 0 Å². The van der Waals surface area contributed by atoms with Crippen LogP contribution in [0.4, 0.5) is 0 Å². The summed E-state index contributed by atoms with van der Waals surface area (Å²) < 4.78 is 5.58. The summed E-state index contributed by atoms with van der Waals surface area (Å²) in [6.45, 7) is 6.77. The van der Waals surface area contributed by atoms with Gasteiger partial charge in [-0.3, -0.25) is 0 Å². The van der Waals surface area contributed by atoms with Crippen molar-refractivity contribution in [2.75, 3.05) is 6.61 Å². The van der Waals surface area contributed by atoms with Crippen LogP contribution < -0.4 is 5.32 Å². The molecule has 1 rings (SSSR count). The number of nitrogens with one attached hydrogen (secondary N) is 2. The topological polar surface area (TPSA) is 45.1 Å². The van der Waals surface area contributed by atoms with Gasteiger partial charge in [0.2, 0.25) is 0 Å². The van der Waals surface area contributed by atoms with E-state index in [1.807, 2.05) is 13.8 Å². The third-order valence-corrected chi connectivity index (χ3v) is 2.92. The van der Waals surface area contributed by atoms with Gasteiger partial charge in [-0.25, -0.2) is 0 Å². The van der Waals surface area contributed by atoms with Crippen LogP contribution >= 0.6 is 0 Å². The first kappa shape index (κ1) is 11.7. The number of rotatable bonds is 5. The molecule has 0 amide bonds. The van der Waals surface area contributed by atoms with Gasteiger partial charge in [-0.1, -0.05) is 0 Å². The first-order valence-corrected chi connectivity index (χ1v) is 5.56. The highest BCUT2D eigenvalue weighted by Crippen LogP contribution is 2.22. The monoisotopic (exact) mass is 198 g/mol. The largest absolute Gasteiger partial charge is 0.378 e. The first-order valence-electron chi connectivity index (χ1n) is 5.56. The smallest absolute Gasteiger partial charge is 0.0590 e. The molecule has 3 heteroatoms. The molecule has 0 aliphatic heterocycles. The molecule has 0 radical (unpaired) electrons. The maximum atomic E-state index is 7.50. The van der Waals surface area contributed by atoms with Gasteiger partial charge in [0.15, 0.2) is 0 Å². The van der Waals surface area contributed by atoms with E-state index in [0.29, 0.717) is 17.9 Å². The van der Waals surface area contributed by atoms with Crippen LogP contribution in [0.15, 0.2) is 0 Å². The highest BCUT2D eigenvalue weighted by atomic mass is 16.5. The molecule has 3 unspecified atom stereocenters. The standard InChI is InChI=1S/C11H22N2O/c1-4-14-11-6-5-10(7-11)13-9(3)8(2)12/h9-13H,4-7H2,1-3H3. The molecule has 3 atom stereocenters. The van der Waals surface area contributed by atoms with Crippen molar-refractivity contribution < 1.29 is 4.74 Å². The van der Waals surface area contributed by atoms with E-state index in [1.165, 1.54) is 6.42 Å². The maximum Gasteiger partial charge on any atom is 0.0590 e. The minimum absolute atomic E-state index is 0.209. The van der Waals surface area contributed by atoms with Gasteiger partial charge in [0, 0.05) is 24.4 Å². The van der Waals surface area contributed by atoms with E-state index in [1.54, 1.807) is 0 Å². The molecule has 0 bridgehead atoms. The summed E-state index contributed by atoms with van der Waals surface area (Å²) in [4.78, 5) is 0. The average Bonchev–Trinajstić information content (AvgIpc) is 2.53. The molecule has 1 saturated carbocycles. The van der Waals surface area contributed by atoms with E-state index in [2.05, 4.69) is 12.2 Å². The van der Waals surface area contributed by atoms with Gasteiger partial charge in [0.25, 0.3) is 0 Å². The highest BCUT2D eigenvalue weighted by Gasteiger charge is 2.25. The third kappa shape index (κ3) is 3.39. The minimum atomic E-state index is 0.209. The van der Waals surface area contributed by atoms with Crippen molar-refractivity contribution in [1.82, 2.24) is 5.32 Å². The van der Waals surface area contributed by atoms with Crippen LogP contribution in [0.3, 0.4) is 0 Å². The molecule has 0 spiro atoms. The summed E-state index contributed by atoms with van der Waals surface area (Å²) >= 11 is 0. The van der Waals surface area contributed by atoms with E-state index in [4.69, 9.17) is 10.1 Å². The molecule has 14 heavy (non-hydrogen) atoms. The van der Waals surface area contributed by atoms with E-state index in [0.717, 1.165) is 19.4 Å². The fraction of sp³-hybridized carbons (Fsp3) is 0.909. The summed E-state index contributed by atoms with van der Waals surface area (Å²) in [5, 5.41) is 11.0. The molecular weight excluding hydrogens is 176 g/mol. The van der Waals surface area contributed by atoms with Crippen LogP contribution in [0.2, 0.25) is 0 Å². The van der Waals surface area contributed by atoms with Crippen LogP contribution in [0.5, 0.6) is 0 Å². The zero-order valence-electron chi connectivity index (χ0n) is 9.47. The fourth-order valence-corrected chi connectivity index (χ4v) is 1.96. The lowest BCUT2D eigenvalue weighted by Crippen LogP contribution is -2.39. The Bertz CT molecular complexity index is 194. The molecule has 0 heterocycles. The molecule has 3 nitrogen and oxygen atoms in total. The highest BCUT2D eigenvalue weighted by molar-refractivity contribution is 5.83. The Kier molecular flexibility index (Phi) is 4.55. The Morgan fingerprint density at radius 3 is 2.86 bits per heavy atom. The third-order valence-electron chi connectivity index (χ3n) is 2.92. The van der Waals surface area contributed by atoms with Gasteiger partial charge in [-0.05, 0) is 40.0 Å². The van der Waals surface area contributed by atoms with Crippen molar-refractivity contribution in [3.63, 3.8) is 0 Å². The second-order valence-corrected chi connectivity index (χ2v) is 4.16. The summed E-state index contributed by atoms with van der Waals surface area (Å²) in [7, 11) is 0. The molecule has 0 aromatic carbocycles. The van der Waals surface area contributed by atoms with Crippen LogP contribution in [-0.4, -0.2) is 30.5 Å². The number of hydrogen-bond donors (Lipinski definition) is 2. The molecule has 2 N–H and O–H groups in total. The Labute approximate surface area is 86.7 Å². The van der Waals surface area contributed by atoms with E-state index in [9.17, 15) is 0 Å². The molecule has 1 fully saturated rings. The SMILES string of the molecule is CCOC1CCC(NC(C)C(C)=N)C1. The molecule has 0 saturated heterocycles. The lowest BCUT2D eigenvalue weighted by molar-refractivity contribution is 0.0666. The minimum Gasteiger partial charge on any atom is -0.378 e. The van der Waals surface area contributed by atoms with Crippen LogP contribution in [0.1, 0.15) is 40.0 Å². The Balaban J connectivity index is 2.25. The summed E-state index contributed by atoms with van der Waals surface area (Å²) in [5.41, 5.74) is 0.713. The molecule has 0 aromatic heterocycles. The van der Waals surface area contributed by atoms with Gasteiger partial charge in [0.1, 0.15) is 0 Å². The van der Waals surface area contributed by atoms with E-state index >= 15 is 0 Å². The van der Waals surface area contributed by atoms with Crippen molar-refractivity contribution in [3.05, 3.63) is 0 Å². The lowest BCUT2D eigenvalue weighted by atomic mass is 10.1. The van der Waals surface area contributed by atoms with Crippen molar-refractivity contribution in [3.8, 4) is 0 Å². The Morgan fingerprint density at radius 1 is 1.57 bits per heavy atom. The first-order chi connectivity index (χ1) is 6.63. The van der Waals surface area contributed by atoms with Crippen LogP contribution in [0, 0.1) is 5.41 Å². The van der Waals surface area contributed by atoms with Gasteiger partial charge in [-0.15, -0.1) is 0 Å². The zero-order valence-corrected chi connectivity index (χ0v) is 9.47. The molecule has 0 aromatic rings. The van der Waals surface area contributed by atoms with Crippen molar-refractivity contribution in [1.29, 1.82) is 5.41 Å². The van der Waals surface area contributed by atoms with Gasteiger partial charge in [0.05, 0.1) is 6.10 Å². The Morgan fingerprint density at radius 2 is 2.29 bits per heavy atom. The van der Waals surface area contributed by atoms with E-state index in [-0.39, 0.29) is 6.04 Å². The van der Waals surface area contributed by atoms with Gasteiger partial charge >= 0.3 is 0 Å². The predicted molar refractivity (Wildman–Crippen MR) is 59.1 cm³/mol. The number of hydrogen-bond acceptors (Lipinski definition) is 3. The number of ether oxygens (including phenoxy) is 1. The summed E-state index contributed by atoms with van der Waals surface area (Å²) in [6.07, 6.45) is 3.89. The maximum absolute atomic E-state index is 7.50. The predicted octanol–water partition coefficient (Wildman–Crippen LogP) is 1.96. The van der Waals surface area contributed by atoms with Gasteiger partial charge < -0.3 is 15.5 Å². The van der Waals surface area contributed by atoms with Gasteiger partial charge in [-0.2, -0.15) is 0 Å². The molecule has 1 aliphatic carbocycles. The van der Waals surface area contributed by atoms with Crippen LogP contribution in [-0.2, 0) is 4.74 Å². The molecule has 82 valence electrons. The van der Waals surface area contributed by atoms with Crippen LogP contribution in [0.25, 0.3) is 0 Å².